The summed E-state index contributed by atoms with van der Waals surface area (Å²) in [4.78, 5) is 0. The highest BCUT2D eigenvalue weighted by molar-refractivity contribution is 6.07. The summed E-state index contributed by atoms with van der Waals surface area (Å²) >= 11 is 0. The number of hydrogen-bond donors (Lipinski definition) is 0. The molecule has 2 heteroatoms. The maximum Gasteiger partial charge on any atom is 0.0491 e. The molecule has 0 aliphatic carbocycles. The van der Waals surface area contributed by atoms with Crippen molar-refractivity contribution in [2.24, 2.45) is 0 Å². The Morgan fingerprint density at radius 2 is 1.07 bits per heavy atom. The van der Waals surface area contributed by atoms with Crippen LogP contribution in [0.25, 0.3) is 32.7 Å². The van der Waals surface area contributed by atoms with Gasteiger partial charge in [0.1, 0.15) is 0 Å². The lowest BCUT2D eigenvalue weighted by Gasteiger charge is -2.08. The zero-order chi connectivity index (χ0) is 18.8. The van der Waals surface area contributed by atoms with E-state index in [4.69, 9.17) is 0 Å². The van der Waals surface area contributed by atoms with E-state index in [0.717, 1.165) is 13.1 Å². The number of rotatable bonds is 7. The van der Waals surface area contributed by atoms with Crippen LogP contribution in [-0.4, -0.2) is 9.13 Å². The van der Waals surface area contributed by atoms with E-state index < -0.39 is 0 Å². The molecule has 0 amide bonds. The first kappa shape index (κ1) is 17.1. The van der Waals surface area contributed by atoms with Crippen LogP contribution in [0.2, 0.25) is 0 Å². The van der Waals surface area contributed by atoms with Crippen molar-refractivity contribution in [1.82, 2.24) is 9.13 Å². The van der Waals surface area contributed by atoms with Crippen LogP contribution in [0.4, 0.5) is 0 Å². The molecule has 0 radical (unpaired) electrons. The number of aromatic nitrogens is 2. The number of fused-ring (bicyclic) bond motifs is 4. The Hall–Kier alpha value is -3.00. The number of unbranched alkanes of at least 4 members (excludes halogenated alkanes) is 3. The van der Waals surface area contributed by atoms with E-state index in [1.807, 2.05) is 0 Å². The van der Waals surface area contributed by atoms with Crippen molar-refractivity contribution >= 4 is 32.7 Å². The fraction of sp³-hybridized carbons (Fsp3) is 0.231. The minimum absolute atomic E-state index is 1.10. The fourth-order valence-electron chi connectivity index (χ4n) is 4.49. The van der Waals surface area contributed by atoms with Crippen LogP contribution in [0.5, 0.6) is 0 Å². The van der Waals surface area contributed by atoms with Crippen molar-refractivity contribution in [2.45, 2.75) is 38.8 Å². The second-order valence-electron chi connectivity index (χ2n) is 7.67. The average molecular weight is 367 g/mol. The van der Waals surface area contributed by atoms with Gasteiger partial charge in [0, 0.05) is 46.6 Å². The van der Waals surface area contributed by atoms with Gasteiger partial charge in [0.2, 0.25) is 0 Å². The summed E-state index contributed by atoms with van der Waals surface area (Å²) in [6.07, 6.45) is 7.26. The van der Waals surface area contributed by atoms with Gasteiger partial charge in [-0.25, -0.2) is 0 Å². The van der Waals surface area contributed by atoms with Crippen LogP contribution in [0.3, 0.4) is 0 Å². The summed E-state index contributed by atoms with van der Waals surface area (Å²) < 4.78 is 4.90. The number of para-hydroxylation sites is 3. The second-order valence-corrected chi connectivity index (χ2v) is 7.67. The van der Waals surface area contributed by atoms with E-state index in [-0.39, 0.29) is 0 Å². The van der Waals surface area contributed by atoms with Crippen molar-refractivity contribution in [2.75, 3.05) is 0 Å². The summed E-state index contributed by atoms with van der Waals surface area (Å²) in [6, 6.07) is 28.5. The molecule has 0 saturated heterocycles. The van der Waals surface area contributed by atoms with Gasteiger partial charge in [0.15, 0.2) is 0 Å². The number of aryl methyl sites for hydroxylation is 2. The molecule has 0 fully saturated rings. The molecule has 0 N–H and O–H groups in total. The minimum Gasteiger partial charge on any atom is -0.347 e. The lowest BCUT2D eigenvalue weighted by atomic mass is 10.2. The van der Waals surface area contributed by atoms with Gasteiger partial charge in [0.25, 0.3) is 0 Å². The molecule has 140 valence electrons. The summed E-state index contributed by atoms with van der Waals surface area (Å²) in [6.45, 7) is 2.21. The van der Waals surface area contributed by atoms with E-state index in [1.54, 1.807) is 0 Å². The average Bonchev–Trinajstić information content (AvgIpc) is 3.30. The zero-order valence-electron chi connectivity index (χ0n) is 16.2. The van der Waals surface area contributed by atoms with Crippen LogP contribution < -0.4 is 0 Å². The molecular weight excluding hydrogens is 340 g/mol. The molecule has 2 heterocycles. The normalized spacial score (nSPS) is 11.7. The lowest BCUT2D eigenvalue weighted by molar-refractivity contribution is 0.555. The third-order valence-corrected chi connectivity index (χ3v) is 5.89. The molecule has 2 nitrogen and oxygen atoms in total. The van der Waals surface area contributed by atoms with Gasteiger partial charge in [-0.1, -0.05) is 67.4 Å². The molecule has 0 aliphatic heterocycles. The van der Waals surface area contributed by atoms with Crippen molar-refractivity contribution in [3.05, 3.63) is 85.1 Å². The standard InChI is InChI=1S/C26H26N2/c1(9-18-27-20-17-21-11-3-6-14-24(21)27)2-10-19-28-25-15-7-4-12-22(25)23-13-5-8-16-26(23)28/h3-8,11-17,20H,1-2,9-10,18-19H2. The molecule has 0 spiro atoms. The highest BCUT2D eigenvalue weighted by atomic mass is 15.0. The Morgan fingerprint density at radius 3 is 1.79 bits per heavy atom. The second kappa shape index (κ2) is 7.55. The van der Waals surface area contributed by atoms with Gasteiger partial charge in [0.05, 0.1) is 0 Å². The Balaban J connectivity index is 1.20. The van der Waals surface area contributed by atoms with E-state index in [0.29, 0.717) is 0 Å². The Morgan fingerprint density at radius 1 is 0.500 bits per heavy atom. The molecule has 2 aromatic heterocycles. The molecule has 0 bridgehead atoms. The van der Waals surface area contributed by atoms with Crippen LogP contribution in [0.15, 0.2) is 85.1 Å². The summed E-state index contributed by atoms with van der Waals surface area (Å²) in [5.74, 6) is 0. The van der Waals surface area contributed by atoms with Gasteiger partial charge in [-0.2, -0.15) is 0 Å². The number of benzene rings is 3. The Labute approximate surface area is 166 Å². The first-order valence-corrected chi connectivity index (χ1v) is 10.4. The first-order chi connectivity index (χ1) is 13.9. The quantitative estimate of drug-likeness (QED) is 0.274. The predicted molar refractivity (Wildman–Crippen MR) is 120 cm³/mol. The highest BCUT2D eigenvalue weighted by Gasteiger charge is 2.08. The molecule has 0 saturated carbocycles. The molecule has 3 aromatic carbocycles. The van der Waals surface area contributed by atoms with Crippen LogP contribution in [-0.2, 0) is 13.1 Å². The summed E-state index contributed by atoms with van der Waals surface area (Å²) in [5, 5.41) is 4.09. The topological polar surface area (TPSA) is 9.86 Å². The largest absolute Gasteiger partial charge is 0.347 e. The van der Waals surface area contributed by atoms with E-state index in [2.05, 4.69) is 94.2 Å². The first-order valence-electron chi connectivity index (χ1n) is 10.4. The Bertz CT molecular complexity index is 1170. The van der Waals surface area contributed by atoms with Gasteiger partial charge in [-0.05, 0) is 42.5 Å². The molecule has 0 aliphatic rings. The zero-order valence-corrected chi connectivity index (χ0v) is 16.2. The van der Waals surface area contributed by atoms with Crippen LogP contribution >= 0.6 is 0 Å². The fourth-order valence-corrected chi connectivity index (χ4v) is 4.49. The van der Waals surface area contributed by atoms with Crippen molar-refractivity contribution in [1.29, 1.82) is 0 Å². The maximum absolute atomic E-state index is 2.50. The number of nitrogens with zero attached hydrogens (tertiary/aromatic N) is 2. The predicted octanol–water partition coefficient (Wildman–Crippen LogP) is 7.01. The molecule has 0 atom stereocenters. The van der Waals surface area contributed by atoms with Gasteiger partial charge >= 0.3 is 0 Å². The smallest absolute Gasteiger partial charge is 0.0491 e. The third kappa shape index (κ3) is 3.09. The molecule has 5 aromatic rings. The minimum atomic E-state index is 1.10. The molecule has 28 heavy (non-hydrogen) atoms. The Kier molecular flexibility index (Phi) is 4.62. The summed E-state index contributed by atoms with van der Waals surface area (Å²) in [7, 11) is 0. The van der Waals surface area contributed by atoms with Crippen LogP contribution in [0.1, 0.15) is 25.7 Å². The van der Waals surface area contributed by atoms with E-state index in [9.17, 15) is 0 Å². The van der Waals surface area contributed by atoms with Gasteiger partial charge in [-0.15, -0.1) is 0 Å². The lowest BCUT2D eigenvalue weighted by Crippen LogP contribution is -1.99. The molecular formula is C26H26N2. The van der Waals surface area contributed by atoms with Gasteiger partial charge in [-0.3, -0.25) is 0 Å². The number of hydrogen-bond acceptors (Lipinski definition) is 0. The maximum atomic E-state index is 2.50. The van der Waals surface area contributed by atoms with Crippen molar-refractivity contribution in [3.63, 3.8) is 0 Å². The monoisotopic (exact) mass is 366 g/mol. The summed E-state index contributed by atoms with van der Waals surface area (Å²) in [5.41, 5.74) is 4.08. The molecule has 0 unspecified atom stereocenters. The van der Waals surface area contributed by atoms with Gasteiger partial charge < -0.3 is 9.13 Å². The van der Waals surface area contributed by atoms with Crippen molar-refractivity contribution in [3.8, 4) is 0 Å². The van der Waals surface area contributed by atoms with Crippen LogP contribution in [0, 0.1) is 0 Å². The van der Waals surface area contributed by atoms with E-state index >= 15 is 0 Å². The highest BCUT2D eigenvalue weighted by Crippen LogP contribution is 2.29. The third-order valence-electron chi connectivity index (χ3n) is 5.89. The van der Waals surface area contributed by atoms with Crippen molar-refractivity contribution < 1.29 is 0 Å². The van der Waals surface area contributed by atoms with E-state index in [1.165, 1.54) is 58.4 Å². The SMILES string of the molecule is c1ccc2c(c1)ccn2CCCCCCn1c2ccccc2c2ccccc21. The molecule has 5 rings (SSSR count).